The third-order valence-corrected chi connectivity index (χ3v) is 4.33. The summed E-state index contributed by atoms with van der Waals surface area (Å²) in [4.78, 5) is 37.1. The van der Waals surface area contributed by atoms with Gasteiger partial charge in [-0.1, -0.05) is 24.3 Å². The van der Waals surface area contributed by atoms with Crippen LogP contribution in [0.5, 0.6) is 11.5 Å². The zero-order chi connectivity index (χ0) is 21.1. The first kappa shape index (κ1) is 19.0. The van der Waals surface area contributed by atoms with Crippen LogP contribution in [0.15, 0.2) is 76.9 Å². The summed E-state index contributed by atoms with van der Waals surface area (Å²) in [6, 6.07) is 16.5. The number of methoxy groups -OCH3 is 1. The predicted molar refractivity (Wildman–Crippen MR) is 107 cm³/mol. The Hall–Kier alpha value is -4.33. The number of carbonyl (C=O) groups is 3. The summed E-state index contributed by atoms with van der Waals surface area (Å²) in [5.74, 6) is -1.18. The second-order valence-electron chi connectivity index (χ2n) is 6.25. The lowest BCUT2D eigenvalue weighted by Crippen LogP contribution is -2.35. The molecule has 0 aliphatic carbocycles. The summed E-state index contributed by atoms with van der Waals surface area (Å²) in [7, 11) is 1.42. The van der Waals surface area contributed by atoms with Gasteiger partial charge in [-0.05, 0) is 48.0 Å². The van der Waals surface area contributed by atoms with Crippen LogP contribution in [-0.4, -0.2) is 24.9 Å². The average Bonchev–Trinajstić information content (AvgIpc) is 3.40. The van der Waals surface area contributed by atoms with Gasteiger partial charge in [0.05, 0.1) is 19.1 Å². The summed E-state index contributed by atoms with van der Waals surface area (Å²) < 4.78 is 15.6. The number of nitrogens with zero attached hydrogens (tertiary/aromatic N) is 1. The smallest absolute Gasteiger partial charge is 0.379 e. The normalized spacial score (nSPS) is 14.7. The summed E-state index contributed by atoms with van der Waals surface area (Å²) in [6.07, 6.45) is 2.81. The quantitative estimate of drug-likeness (QED) is 0.304. The maximum atomic E-state index is 12.7. The number of carbonyl (C=O) groups excluding carboxylic acids is 3. The third-order valence-electron chi connectivity index (χ3n) is 4.33. The number of hydrogen-bond donors (Lipinski definition) is 1. The Morgan fingerprint density at radius 1 is 1.03 bits per heavy atom. The van der Waals surface area contributed by atoms with Crippen molar-refractivity contribution in [1.82, 2.24) is 5.43 Å². The fraction of sp³-hybridized carbons (Fsp3) is 0.0455. The van der Waals surface area contributed by atoms with E-state index in [1.54, 1.807) is 42.5 Å². The first-order valence-electron chi connectivity index (χ1n) is 8.93. The average molecular weight is 404 g/mol. The molecule has 8 heteroatoms. The molecule has 1 saturated heterocycles. The Bertz CT molecular complexity index is 1140. The van der Waals surface area contributed by atoms with Crippen LogP contribution in [0.4, 0.5) is 5.69 Å². The molecule has 0 spiro atoms. The van der Waals surface area contributed by atoms with Gasteiger partial charge in [0.25, 0.3) is 11.8 Å². The van der Waals surface area contributed by atoms with Gasteiger partial charge in [0.2, 0.25) is 5.76 Å². The topological polar surface area (TPSA) is 98.1 Å². The molecule has 1 aromatic heterocycles. The zero-order valence-corrected chi connectivity index (χ0v) is 15.8. The van der Waals surface area contributed by atoms with Crippen molar-refractivity contribution in [3.8, 4) is 11.5 Å². The minimum Gasteiger partial charge on any atom is -0.493 e. The fourth-order valence-electron chi connectivity index (χ4n) is 2.89. The molecule has 2 amide bonds. The zero-order valence-electron chi connectivity index (χ0n) is 15.8. The van der Waals surface area contributed by atoms with Gasteiger partial charge >= 0.3 is 5.97 Å². The number of hydrogen-bond acceptors (Lipinski definition) is 6. The lowest BCUT2D eigenvalue weighted by Gasteiger charge is -2.13. The molecule has 2 aromatic carbocycles. The van der Waals surface area contributed by atoms with Crippen LogP contribution in [0.25, 0.3) is 6.08 Å². The monoisotopic (exact) mass is 404 g/mol. The van der Waals surface area contributed by atoms with E-state index in [0.29, 0.717) is 11.3 Å². The lowest BCUT2D eigenvalue weighted by molar-refractivity contribution is -0.117. The summed E-state index contributed by atoms with van der Waals surface area (Å²) >= 11 is 0. The molecule has 0 atom stereocenters. The van der Waals surface area contributed by atoms with E-state index in [2.05, 4.69) is 5.43 Å². The van der Waals surface area contributed by atoms with E-state index in [0.717, 1.165) is 0 Å². The highest BCUT2D eigenvalue weighted by atomic mass is 16.6. The molecule has 0 bridgehead atoms. The van der Waals surface area contributed by atoms with E-state index in [1.807, 2.05) is 6.07 Å². The van der Waals surface area contributed by atoms with E-state index < -0.39 is 17.8 Å². The van der Waals surface area contributed by atoms with Crippen molar-refractivity contribution in [2.75, 3.05) is 12.1 Å². The van der Waals surface area contributed by atoms with E-state index >= 15 is 0 Å². The number of rotatable bonds is 5. The van der Waals surface area contributed by atoms with Gasteiger partial charge in [-0.2, -0.15) is 0 Å². The second kappa shape index (κ2) is 7.96. The molecule has 1 N–H and O–H groups in total. The van der Waals surface area contributed by atoms with E-state index in [4.69, 9.17) is 13.9 Å². The van der Waals surface area contributed by atoms with Crippen LogP contribution in [-0.2, 0) is 9.59 Å². The van der Waals surface area contributed by atoms with Crippen LogP contribution in [0, 0.1) is 0 Å². The highest BCUT2D eigenvalue weighted by molar-refractivity contribution is 6.31. The molecule has 0 unspecified atom stereocenters. The predicted octanol–water partition coefficient (Wildman–Crippen LogP) is 2.97. The maximum absolute atomic E-state index is 12.7. The van der Waals surface area contributed by atoms with Crippen LogP contribution >= 0.6 is 0 Å². The Labute approximate surface area is 171 Å². The standard InChI is InChI=1S/C22H16N2O6/c1-28-19-13-14(9-10-17(19)30-22(27)18-8-5-11-29-18)12-16-20(25)23-24(21(16)26)15-6-3-2-4-7-15/h2-13H,1H3,(H,23,25)/b16-12-. The van der Waals surface area contributed by atoms with Crippen LogP contribution in [0.3, 0.4) is 0 Å². The van der Waals surface area contributed by atoms with Gasteiger partial charge in [0, 0.05) is 0 Å². The lowest BCUT2D eigenvalue weighted by atomic mass is 10.1. The SMILES string of the molecule is COc1cc(/C=C2/C(=O)NN(c3ccccc3)C2=O)ccc1OC(=O)c1ccco1. The van der Waals surface area contributed by atoms with Crippen LogP contribution in [0.1, 0.15) is 16.1 Å². The minimum atomic E-state index is -0.673. The first-order valence-corrected chi connectivity index (χ1v) is 8.93. The molecule has 30 heavy (non-hydrogen) atoms. The molecule has 4 rings (SSSR count). The van der Waals surface area contributed by atoms with Crippen molar-refractivity contribution in [2.24, 2.45) is 0 Å². The highest BCUT2D eigenvalue weighted by Gasteiger charge is 2.34. The third kappa shape index (κ3) is 3.66. The first-order chi connectivity index (χ1) is 14.6. The maximum Gasteiger partial charge on any atom is 0.379 e. The molecule has 150 valence electrons. The van der Waals surface area contributed by atoms with Crippen molar-refractivity contribution in [3.63, 3.8) is 0 Å². The van der Waals surface area contributed by atoms with Gasteiger partial charge in [0.1, 0.15) is 5.57 Å². The Kier molecular flexibility index (Phi) is 5.04. The molecule has 3 aromatic rings. The Morgan fingerprint density at radius 3 is 2.53 bits per heavy atom. The van der Waals surface area contributed by atoms with Crippen molar-refractivity contribution >= 4 is 29.5 Å². The largest absolute Gasteiger partial charge is 0.493 e. The Balaban J connectivity index is 1.58. The van der Waals surface area contributed by atoms with Gasteiger partial charge in [-0.25, -0.2) is 9.80 Å². The van der Waals surface area contributed by atoms with Gasteiger partial charge in [0.15, 0.2) is 11.5 Å². The van der Waals surface area contributed by atoms with E-state index in [1.165, 1.54) is 36.6 Å². The van der Waals surface area contributed by atoms with Crippen LogP contribution < -0.4 is 19.9 Å². The number of benzene rings is 2. The number of hydrazine groups is 1. The summed E-state index contributed by atoms with van der Waals surface area (Å²) in [6.45, 7) is 0. The molecular weight excluding hydrogens is 388 g/mol. The van der Waals surface area contributed by atoms with E-state index in [-0.39, 0.29) is 22.8 Å². The number of anilines is 1. The van der Waals surface area contributed by atoms with Crippen molar-refractivity contribution in [1.29, 1.82) is 0 Å². The van der Waals surface area contributed by atoms with Crippen molar-refractivity contribution in [3.05, 3.63) is 83.8 Å². The molecule has 1 aliphatic rings. The van der Waals surface area contributed by atoms with Crippen molar-refractivity contribution < 1.29 is 28.3 Å². The number of furan rings is 1. The van der Waals surface area contributed by atoms with Crippen LogP contribution in [0.2, 0.25) is 0 Å². The van der Waals surface area contributed by atoms with Gasteiger partial charge in [-0.15, -0.1) is 0 Å². The molecular formula is C22H16N2O6. The van der Waals surface area contributed by atoms with E-state index in [9.17, 15) is 14.4 Å². The molecule has 0 radical (unpaired) electrons. The molecule has 0 saturated carbocycles. The fourth-order valence-corrected chi connectivity index (χ4v) is 2.89. The Morgan fingerprint density at radius 2 is 1.83 bits per heavy atom. The summed E-state index contributed by atoms with van der Waals surface area (Å²) in [5.41, 5.74) is 3.59. The summed E-state index contributed by atoms with van der Waals surface area (Å²) in [5, 5.41) is 1.19. The molecule has 1 fully saturated rings. The number of ether oxygens (including phenoxy) is 2. The minimum absolute atomic E-state index is 0.0266. The van der Waals surface area contributed by atoms with Crippen molar-refractivity contribution in [2.45, 2.75) is 0 Å². The molecule has 1 aliphatic heterocycles. The number of amides is 2. The van der Waals surface area contributed by atoms with Gasteiger partial charge in [-0.3, -0.25) is 15.0 Å². The van der Waals surface area contributed by atoms with Gasteiger partial charge < -0.3 is 13.9 Å². The number of nitrogens with one attached hydrogen (secondary N) is 1. The highest BCUT2D eigenvalue weighted by Crippen LogP contribution is 2.30. The molecule has 8 nitrogen and oxygen atoms in total. The number of para-hydroxylation sites is 1. The number of esters is 1. The molecule has 2 heterocycles. The second-order valence-corrected chi connectivity index (χ2v) is 6.25.